The maximum absolute atomic E-state index is 5.69. The van der Waals surface area contributed by atoms with Crippen molar-refractivity contribution >= 4 is 5.69 Å². The SMILES string of the molecule is COc1ccc(NCc2nc(C(C)N)n[nH]2)cc1. The third kappa shape index (κ3) is 2.98. The lowest BCUT2D eigenvalue weighted by Gasteiger charge is -2.05. The van der Waals surface area contributed by atoms with Crippen LogP contribution in [0.1, 0.15) is 24.6 Å². The molecule has 6 heteroatoms. The van der Waals surface area contributed by atoms with E-state index >= 15 is 0 Å². The second-order valence-electron chi connectivity index (χ2n) is 4.01. The van der Waals surface area contributed by atoms with E-state index in [9.17, 15) is 0 Å². The molecule has 0 spiro atoms. The fraction of sp³-hybridized carbons (Fsp3) is 0.333. The minimum Gasteiger partial charge on any atom is -0.497 e. The van der Waals surface area contributed by atoms with Gasteiger partial charge in [0, 0.05) is 5.69 Å². The average molecular weight is 247 g/mol. The first-order valence-corrected chi connectivity index (χ1v) is 5.73. The first-order chi connectivity index (χ1) is 8.69. The molecule has 1 aromatic heterocycles. The van der Waals surface area contributed by atoms with Crippen molar-refractivity contribution in [3.8, 4) is 5.75 Å². The Bertz CT molecular complexity index is 491. The van der Waals surface area contributed by atoms with Crippen molar-refractivity contribution in [1.29, 1.82) is 0 Å². The number of rotatable bonds is 5. The number of ether oxygens (including phenoxy) is 1. The third-order valence-corrected chi connectivity index (χ3v) is 2.51. The molecule has 6 nitrogen and oxygen atoms in total. The highest BCUT2D eigenvalue weighted by atomic mass is 16.5. The predicted octanol–water partition coefficient (Wildman–Crippen LogP) is 1.45. The lowest BCUT2D eigenvalue weighted by atomic mass is 10.3. The van der Waals surface area contributed by atoms with Gasteiger partial charge in [-0.15, -0.1) is 0 Å². The highest BCUT2D eigenvalue weighted by Gasteiger charge is 2.06. The molecule has 0 aliphatic carbocycles. The van der Waals surface area contributed by atoms with Crippen LogP contribution < -0.4 is 15.8 Å². The largest absolute Gasteiger partial charge is 0.497 e. The first kappa shape index (κ1) is 12.4. The molecule has 0 radical (unpaired) electrons. The molecule has 0 aliphatic heterocycles. The topological polar surface area (TPSA) is 88.8 Å². The number of H-pyrrole nitrogens is 1. The van der Waals surface area contributed by atoms with Gasteiger partial charge in [-0.3, -0.25) is 5.10 Å². The van der Waals surface area contributed by atoms with Gasteiger partial charge < -0.3 is 15.8 Å². The average Bonchev–Trinajstić information content (AvgIpc) is 2.86. The minimum atomic E-state index is -0.156. The summed E-state index contributed by atoms with van der Waals surface area (Å²) >= 11 is 0. The lowest BCUT2D eigenvalue weighted by Crippen LogP contribution is -2.07. The number of aromatic nitrogens is 3. The maximum Gasteiger partial charge on any atom is 0.167 e. The zero-order chi connectivity index (χ0) is 13.0. The number of hydrogen-bond donors (Lipinski definition) is 3. The van der Waals surface area contributed by atoms with Gasteiger partial charge in [0.25, 0.3) is 0 Å². The van der Waals surface area contributed by atoms with E-state index in [4.69, 9.17) is 10.5 Å². The normalized spacial score (nSPS) is 12.2. The summed E-state index contributed by atoms with van der Waals surface area (Å²) in [5.41, 5.74) is 6.68. The molecule has 0 saturated heterocycles. The molecular weight excluding hydrogens is 230 g/mol. The van der Waals surface area contributed by atoms with Crippen LogP contribution >= 0.6 is 0 Å². The van der Waals surface area contributed by atoms with Crippen LogP contribution in [0.15, 0.2) is 24.3 Å². The summed E-state index contributed by atoms with van der Waals surface area (Å²) in [5.74, 6) is 2.22. The van der Waals surface area contributed by atoms with Gasteiger partial charge in [-0.1, -0.05) is 0 Å². The van der Waals surface area contributed by atoms with Crippen LogP contribution in [0.3, 0.4) is 0 Å². The van der Waals surface area contributed by atoms with E-state index in [1.54, 1.807) is 7.11 Å². The Labute approximate surface area is 106 Å². The number of anilines is 1. The fourth-order valence-electron chi connectivity index (χ4n) is 1.49. The van der Waals surface area contributed by atoms with Crippen LogP contribution in [0.2, 0.25) is 0 Å². The Balaban J connectivity index is 1.93. The molecule has 0 saturated carbocycles. The molecule has 0 bridgehead atoms. The molecule has 2 aromatic rings. The fourth-order valence-corrected chi connectivity index (χ4v) is 1.49. The van der Waals surface area contributed by atoms with Crippen molar-refractivity contribution < 1.29 is 4.74 Å². The molecule has 96 valence electrons. The summed E-state index contributed by atoms with van der Waals surface area (Å²) in [6, 6.07) is 7.53. The maximum atomic E-state index is 5.69. The molecule has 1 unspecified atom stereocenters. The molecule has 18 heavy (non-hydrogen) atoms. The molecule has 4 N–H and O–H groups in total. The smallest absolute Gasteiger partial charge is 0.167 e. The summed E-state index contributed by atoms with van der Waals surface area (Å²) in [7, 11) is 1.65. The minimum absolute atomic E-state index is 0.156. The first-order valence-electron chi connectivity index (χ1n) is 5.73. The molecule has 0 aliphatic rings. The van der Waals surface area contributed by atoms with Crippen LogP contribution in [-0.4, -0.2) is 22.3 Å². The zero-order valence-corrected chi connectivity index (χ0v) is 10.5. The molecule has 1 aromatic carbocycles. The number of aromatic amines is 1. The van der Waals surface area contributed by atoms with Crippen LogP contribution in [0.5, 0.6) is 5.75 Å². The van der Waals surface area contributed by atoms with Gasteiger partial charge in [0.15, 0.2) is 5.82 Å². The van der Waals surface area contributed by atoms with Gasteiger partial charge in [-0.05, 0) is 31.2 Å². The van der Waals surface area contributed by atoms with E-state index < -0.39 is 0 Å². The van der Waals surface area contributed by atoms with E-state index in [-0.39, 0.29) is 6.04 Å². The van der Waals surface area contributed by atoms with E-state index in [1.165, 1.54) is 0 Å². The highest BCUT2D eigenvalue weighted by molar-refractivity contribution is 5.46. The molecule has 0 fully saturated rings. The van der Waals surface area contributed by atoms with E-state index in [0.717, 1.165) is 17.3 Å². The third-order valence-electron chi connectivity index (χ3n) is 2.51. The quantitative estimate of drug-likeness (QED) is 0.744. The Morgan fingerprint density at radius 1 is 1.39 bits per heavy atom. The Morgan fingerprint density at radius 2 is 2.11 bits per heavy atom. The van der Waals surface area contributed by atoms with Crippen LogP contribution in [-0.2, 0) is 6.54 Å². The Kier molecular flexibility index (Phi) is 3.78. The van der Waals surface area contributed by atoms with Crippen LogP contribution in [0.4, 0.5) is 5.69 Å². The monoisotopic (exact) mass is 247 g/mol. The molecular formula is C12H17N5O. The second-order valence-corrected chi connectivity index (χ2v) is 4.01. The molecule has 1 heterocycles. The number of methoxy groups -OCH3 is 1. The highest BCUT2D eigenvalue weighted by Crippen LogP contribution is 2.15. The standard InChI is InChI=1S/C12H17N5O/c1-8(13)12-15-11(16-17-12)7-14-9-3-5-10(18-2)6-4-9/h3-6,8,14H,7,13H2,1-2H3,(H,15,16,17). The van der Waals surface area contributed by atoms with Crippen LogP contribution in [0, 0.1) is 0 Å². The van der Waals surface area contributed by atoms with Gasteiger partial charge in [0.05, 0.1) is 19.7 Å². The van der Waals surface area contributed by atoms with E-state index in [2.05, 4.69) is 20.5 Å². The van der Waals surface area contributed by atoms with Crippen molar-refractivity contribution in [2.45, 2.75) is 19.5 Å². The number of nitrogens with zero attached hydrogens (tertiary/aromatic N) is 2. The summed E-state index contributed by atoms with van der Waals surface area (Å²) < 4.78 is 5.09. The molecule has 1 atom stereocenters. The number of nitrogens with one attached hydrogen (secondary N) is 2. The summed E-state index contributed by atoms with van der Waals surface area (Å²) in [5, 5.41) is 10.1. The van der Waals surface area contributed by atoms with Gasteiger partial charge in [0.1, 0.15) is 11.6 Å². The van der Waals surface area contributed by atoms with Crippen molar-refractivity contribution in [3.05, 3.63) is 35.9 Å². The summed E-state index contributed by atoms with van der Waals surface area (Å²) in [6.45, 7) is 2.43. The van der Waals surface area contributed by atoms with Crippen molar-refractivity contribution in [1.82, 2.24) is 15.2 Å². The lowest BCUT2D eigenvalue weighted by molar-refractivity contribution is 0.415. The van der Waals surface area contributed by atoms with Crippen LogP contribution in [0.25, 0.3) is 0 Å². The second kappa shape index (κ2) is 5.50. The van der Waals surface area contributed by atoms with E-state index in [0.29, 0.717) is 12.4 Å². The van der Waals surface area contributed by atoms with Gasteiger partial charge >= 0.3 is 0 Å². The number of benzene rings is 1. The van der Waals surface area contributed by atoms with Crippen molar-refractivity contribution in [2.24, 2.45) is 5.73 Å². The van der Waals surface area contributed by atoms with Gasteiger partial charge in [0.2, 0.25) is 0 Å². The summed E-state index contributed by atoms with van der Waals surface area (Å²) in [4.78, 5) is 4.28. The predicted molar refractivity (Wildman–Crippen MR) is 69.3 cm³/mol. The van der Waals surface area contributed by atoms with Crippen molar-refractivity contribution in [3.63, 3.8) is 0 Å². The Morgan fingerprint density at radius 3 is 2.67 bits per heavy atom. The number of hydrogen-bond acceptors (Lipinski definition) is 5. The molecule has 0 amide bonds. The van der Waals surface area contributed by atoms with E-state index in [1.807, 2.05) is 31.2 Å². The van der Waals surface area contributed by atoms with Crippen molar-refractivity contribution in [2.75, 3.05) is 12.4 Å². The Hall–Kier alpha value is -2.08. The summed E-state index contributed by atoms with van der Waals surface area (Å²) in [6.07, 6.45) is 0. The van der Waals surface area contributed by atoms with Gasteiger partial charge in [-0.2, -0.15) is 5.10 Å². The molecule has 2 rings (SSSR count). The zero-order valence-electron chi connectivity index (χ0n) is 10.5. The number of nitrogens with two attached hydrogens (primary N) is 1. The van der Waals surface area contributed by atoms with Gasteiger partial charge in [-0.25, -0.2) is 4.98 Å².